The Morgan fingerprint density at radius 1 is 1.47 bits per heavy atom. The van der Waals surface area contributed by atoms with Crippen molar-refractivity contribution in [1.82, 2.24) is 4.90 Å². The van der Waals surface area contributed by atoms with Crippen LogP contribution in [-0.2, 0) is 15.5 Å². The van der Waals surface area contributed by atoms with Gasteiger partial charge in [0, 0.05) is 18.0 Å². The zero-order valence-electron chi connectivity index (χ0n) is 9.77. The number of likely N-dealkylation sites (N-methyl/N-ethyl adjacent to an activating group) is 1. The van der Waals surface area contributed by atoms with Crippen LogP contribution >= 0.6 is 0 Å². The van der Waals surface area contributed by atoms with Gasteiger partial charge in [0.1, 0.15) is 5.82 Å². The quantitative estimate of drug-likeness (QED) is 0.816. The highest BCUT2D eigenvalue weighted by Crippen LogP contribution is 2.12. The maximum atomic E-state index is 12.7. The molecule has 1 aromatic rings. The van der Waals surface area contributed by atoms with Gasteiger partial charge in [-0.1, -0.05) is 0 Å². The SMILES string of the molecule is CN1CCOC(CS(=O)c2ccc(F)cc2)C1. The van der Waals surface area contributed by atoms with Gasteiger partial charge in [-0.05, 0) is 31.3 Å². The van der Waals surface area contributed by atoms with Gasteiger partial charge in [0.25, 0.3) is 0 Å². The number of morpholine rings is 1. The van der Waals surface area contributed by atoms with Crippen molar-refractivity contribution in [2.24, 2.45) is 0 Å². The van der Waals surface area contributed by atoms with Gasteiger partial charge in [-0.25, -0.2) is 4.39 Å². The van der Waals surface area contributed by atoms with Crippen molar-refractivity contribution >= 4 is 10.8 Å². The lowest BCUT2D eigenvalue weighted by atomic mass is 10.3. The first-order valence-corrected chi connectivity index (χ1v) is 6.91. The third-order valence-corrected chi connectivity index (χ3v) is 4.23. The third-order valence-electron chi connectivity index (χ3n) is 2.76. The smallest absolute Gasteiger partial charge is 0.123 e. The van der Waals surface area contributed by atoms with Crippen molar-refractivity contribution in [1.29, 1.82) is 0 Å². The van der Waals surface area contributed by atoms with Gasteiger partial charge in [-0.2, -0.15) is 0 Å². The minimum atomic E-state index is -1.12. The average Bonchev–Trinajstić information content (AvgIpc) is 2.29. The molecule has 5 heteroatoms. The molecule has 0 aliphatic carbocycles. The van der Waals surface area contributed by atoms with Gasteiger partial charge >= 0.3 is 0 Å². The van der Waals surface area contributed by atoms with Crippen LogP contribution in [0, 0.1) is 5.82 Å². The largest absolute Gasteiger partial charge is 0.375 e. The number of rotatable bonds is 3. The Morgan fingerprint density at radius 2 is 2.18 bits per heavy atom. The minimum Gasteiger partial charge on any atom is -0.375 e. The Morgan fingerprint density at radius 3 is 2.82 bits per heavy atom. The van der Waals surface area contributed by atoms with E-state index in [4.69, 9.17) is 4.74 Å². The fourth-order valence-corrected chi connectivity index (χ4v) is 2.99. The molecule has 3 nitrogen and oxygen atoms in total. The lowest BCUT2D eigenvalue weighted by Gasteiger charge is -2.29. The summed E-state index contributed by atoms with van der Waals surface area (Å²) in [6.45, 7) is 2.40. The molecule has 1 aromatic carbocycles. The second-order valence-corrected chi connectivity index (χ2v) is 5.72. The molecule has 2 rings (SSSR count). The van der Waals surface area contributed by atoms with Crippen LogP contribution in [-0.4, -0.2) is 47.7 Å². The van der Waals surface area contributed by atoms with Crippen molar-refractivity contribution in [3.05, 3.63) is 30.1 Å². The van der Waals surface area contributed by atoms with E-state index in [9.17, 15) is 8.60 Å². The Bertz CT molecular complexity index is 396. The summed E-state index contributed by atoms with van der Waals surface area (Å²) in [6.07, 6.45) is -0.000337. The average molecular weight is 257 g/mol. The van der Waals surface area contributed by atoms with Crippen molar-refractivity contribution < 1.29 is 13.3 Å². The summed E-state index contributed by atoms with van der Waals surface area (Å²) in [5, 5.41) is 0. The number of halogens is 1. The van der Waals surface area contributed by atoms with Crippen LogP contribution in [0.5, 0.6) is 0 Å². The lowest BCUT2D eigenvalue weighted by Crippen LogP contribution is -2.42. The molecule has 0 bridgehead atoms. The van der Waals surface area contributed by atoms with E-state index in [-0.39, 0.29) is 11.9 Å². The fraction of sp³-hybridized carbons (Fsp3) is 0.500. The monoisotopic (exact) mass is 257 g/mol. The highest BCUT2D eigenvalue weighted by molar-refractivity contribution is 7.85. The molecule has 0 amide bonds. The third kappa shape index (κ3) is 3.59. The summed E-state index contributed by atoms with van der Waals surface area (Å²) in [5.41, 5.74) is 0. The molecule has 0 aromatic heterocycles. The summed E-state index contributed by atoms with van der Waals surface area (Å²) < 4.78 is 30.3. The number of nitrogens with zero attached hydrogens (tertiary/aromatic N) is 1. The van der Waals surface area contributed by atoms with Gasteiger partial charge < -0.3 is 9.64 Å². The summed E-state index contributed by atoms with van der Waals surface area (Å²) in [7, 11) is 0.902. The molecule has 1 heterocycles. The molecule has 94 valence electrons. The standard InChI is InChI=1S/C12H16FNO2S/c1-14-6-7-16-11(8-14)9-17(15)12-4-2-10(13)3-5-12/h2-5,11H,6-9H2,1H3. The van der Waals surface area contributed by atoms with E-state index in [0.29, 0.717) is 17.3 Å². The van der Waals surface area contributed by atoms with E-state index in [1.165, 1.54) is 12.1 Å². The summed E-state index contributed by atoms with van der Waals surface area (Å²) in [5.74, 6) is 0.162. The normalized spacial score (nSPS) is 23.5. The molecule has 0 radical (unpaired) electrons. The van der Waals surface area contributed by atoms with Gasteiger partial charge in [0.05, 0.1) is 29.3 Å². The topological polar surface area (TPSA) is 29.5 Å². The Labute approximate surface area is 103 Å². The van der Waals surface area contributed by atoms with Crippen LogP contribution in [0.25, 0.3) is 0 Å². The Hall–Kier alpha value is -0.780. The van der Waals surface area contributed by atoms with Crippen LogP contribution < -0.4 is 0 Å². The highest BCUT2D eigenvalue weighted by atomic mass is 32.2. The first kappa shape index (κ1) is 12.7. The maximum Gasteiger partial charge on any atom is 0.123 e. The van der Waals surface area contributed by atoms with Crippen molar-refractivity contribution in [3.63, 3.8) is 0 Å². The number of hydrogen-bond acceptors (Lipinski definition) is 3. The molecule has 0 spiro atoms. The molecule has 1 aliphatic heterocycles. The molecule has 0 N–H and O–H groups in total. The number of ether oxygens (including phenoxy) is 1. The summed E-state index contributed by atoms with van der Waals surface area (Å²) >= 11 is 0. The Kier molecular flexibility index (Phi) is 4.25. The van der Waals surface area contributed by atoms with E-state index in [1.54, 1.807) is 12.1 Å². The summed E-state index contributed by atoms with van der Waals surface area (Å²) in [6, 6.07) is 5.80. The van der Waals surface area contributed by atoms with Gasteiger partial charge in [-0.15, -0.1) is 0 Å². The highest BCUT2D eigenvalue weighted by Gasteiger charge is 2.20. The van der Waals surface area contributed by atoms with Gasteiger partial charge in [0.2, 0.25) is 0 Å². The summed E-state index contributed by atoms with van der Waals surface area (Å²) in [4.78, 5) is 2.82. The molecule has 1 saturated heterocycles. The second kappa shape index (κ2) is 5.71. The van der Waals surface area contributed by atoms with Crippen LogP contribution in [0.4, 0.5) is 4.39 Å². The number of hydrogen-bond donors (Lipinski definition) is 0. The first-order valence-electron chi connectivity index (χ1n) is 5.59. The van der Waals surface area contributed by atoms with Crippen LogP contribution in [0.2, 0.25) is 0 Å². The van der Waals surface area contributed by atoms with Crippen molar-refractivity contribution in [3.8, 4) is 0 Å². The molecule has 2 atom stereocenters. The van der Waals surface area contributed by atoms with E-state index in [0.717, 1.165) is 13.1 Å². The molecule has 1 fully saturated rings. The molecule has 1 aliphatic rings. The molecule has 2 unspecified atom stereocenters. The lowest BCUT2D eigenvalue weighted by molar-refractivity contribution is -0.00640. The van der Waals surface area contributed by atoms with E-state index < -0.39 is 10.8 Å². The van der Waals surface area contributed by atoms with E-state index in [2.05, 4.69) is 4.90 Å². The molecule has 0 saturated carbocycles. The predicted molar refractivity (Wildman–Crippen MR) is 64.9 cm³/mol. The van der Waals surface area contributed by atoms with Crippen LogP contribution in [0.3, 0.4) is 0 Å². The minimum absolute atomic E-state index is 0.000337. The van der Waals surface area contributed by atoms with Gasteiger partial charge in [0.15, 0.2) is 0 Å². The molecular weight excluding hydrogens is 241 g/mol. The molecular formula is C12H16FNO2S. The van der Waals surface area contributed by atoms with Crippen LogP contribution in [0.15, 0.2) is 29.2 Å². The second-order valence-electron chi connectivity index (χ2n) is 4.22. The van der Waals surface area contributed by atoms with E-state index >= 15 is 0 Å². The maximum absolute atomic E-state index is 12.7. The first-order chi connectivity index (χ1) is 8.15. The van der Waals surface area contributed by atoms with Crippen molar-refractivity contribution in [2.75, 3.05) is 32.5 Å². The zero-order valence-corrected chi connectivity index (χ0v) is 10.6. The van der Waals surface area contributed by atoms with Crippen LogP contribution in [0.1, 0.15) is 0 Å². The van der Waals surface area contributed by atoms with Crippen molar-refractivity contribution in [2.45, 2.75) is 11.0 Å². The predicted octanol–water partition coefficient (Wildman–Crippen LogP) is 1.26. The Balaban J connectivity index is 1.94. The molecule has 17 heavy (non-hydrogen) atoms. The fourth-order valence-electron chi connectivity index (χ4n) is 1.82. The van der Waals surface area contributed by atoms with E-state index in [1.807, 2.05) is 7.05 Å². The zero-order chi connectivity index (χ0) is 12.3. The van der Waals surface area contributed by atoms with Gasteiger partial charge in [-0.3, -0.25) is 4.21 Å². The number of benzene rings is 1.